The number of ketones is 1. The fourth-order valence-corrected chi connectivity index (χ4v) is 12.7. The van der Waals surface area contributed by atoms with Crippen molar-refractivity contribution in [3.05, 3.63) is 76.5 Å². The van der Waals surface area contributed by atoms with E-state index < -0.39 is 34.9 Å². The molecule has 1 amide bonds. The van der Waals surface area contributed by atoms with Gasteiger partial charge in [0, 0.05) is 46.0 Å². The van der Waals surface area contributed by atoms with Crippen molar-refractivity contribution in [2.75, 3.05) is 6.54 Å². The summed E-state index contributed by atoms with van der Waals surface area (Å²) in [5.74, 6) is 0.229. The molecule has 0 saturated heterocycles. The lowest BCUT2D eigenvalue weighted by Crippen LogP contribution is -2.62. The molecular formula is C44H56N2O5. The van der Waals surface area contributed by atoms with Gasteiger partial charge >= 0.3 is 0 Å². The highest BCUT2D eigenvalue weighted by Crippen LogP contribution is 2.71. The molecule has 2 aromatic rings. The molecule has 1 aromatic carbocycles. The SMILES string of the molecule is C=C(C)[C@H]1C(=O)c2c3c(cc4c5c(n1c24)[C@@]1(C)[C@@H](CC[C@H]2[C@](C)(/C=C/C=C/C(=O)NCC)[C@@H](O)CC[C@@]21C)C5)C1=CC(C)(C)OC(C)(C)[C@H]1[C@@H]3O. The van der Waals surface area contributed by atoms with E-state index in [-0.39, 0.29) is 34.4 Å². The third-order valence-corrected chi connectivity index (χ3v) is 14.8. The van der Waals surface area contributed by atoms with Crippen LogP contribution in [0.2, 0.25) is 0 Å². The van der Waals surface area contributed by atoms with Crippen molar-refractivity contribution in [2.45, 2.75) is 129 Å². The molecule has 2 fully saturated rings. The van der Waals surface area contributed by atoms with Gasteiger partial charge in [-0.2, -0.15) is 0 Å². The topological polar surface area (TPSA) is 101 Å². The van der Waals surface area contributed by atoms with Gasteiger partial charge in [-0.3, -0.25) is 9.59 Å². The van der Waals surface area contributed by atoms with Gasteiger partial charge in [0.1, 0.15) is 6.04 Å². The Morgan fingerprint density at radius 1 is 1.10 bits per heavy atom. The molecule has 4 aliphatic carbocycles. The smallest absolute Gasteiger partial charge is 0.243 e. The maximum atomic E-state index is 14.9. The van der Waals surface area contributed by atoms with Crippen molar-refractivity contribution >= 4 is 28.2 Å². The largest absolute Gasteiger partial charge is 0.392 e. The maximum Gasteiger partial charge on any atom is 0.243 e. The first-order valence-electron chi connectivity index (χ1n) is 19.2. The molecule has 0 bridgehead atoms. The summed E-state index contributed by atoms with van der Waals surface area (Å²) in [5, 5.41) is 27.8. The van der Waals surface area contributed by atoms with Crippen LogP contribution in [-0.4, -0.2) is 50.3 Å². The van der Waals surface area contributed by atoms with Gasteiger partial charge < -0.3 is 24.8 Å². The van der Waals surface area contributed by atoms with Crippen LogP contribution in [0.15, 0.2) is 48.6 Å². The third-order valence-electron chi connectivity index (χ3n) is 14.8. The second-order valence-electron chi connectivity index (χ2n) is 18.4. The molecular weight excluding hydrogens is 636 g/mol. The first kappa shape index (κ1) is 34.8. The zero-order chi connectivity index (χ0) is 36.8. The number of rotatable bonds is 5. The van der Waals surface area contributed by atoms with Crippen LogP contribution in [0.3, 0.4) is 0 Å². The number of aliphatic hydroxyl groups excluding tert-OH is 2. The van der Waals surface area contributed by atoms with E-state index in [4.69, 9.17) is 4.74 Å². The number of hydrogen-bond donors (Lipinski definition) is 3. The lowest BCUT2D eigenvalue weighted by Gasteiger charge is -2.64. The van der Waals surface area contributed by atoms with Crippen LogP contribution in [0.5, 0.6) is 0 Å². The molecule has 51 heavy (non-hydrogen) atoms. The van der Waals surface area contributed by atoms with Crippen molar-refractivity contribution < 1.29 is 24.5 Å². The second-order valence-corrected chi connectivity index (χ2v) is 18.4. The van der Waals surface area contributed by atoms with E-state index in [9.17, 15) is 19.8 Å². The Balaban J connectivity index is 1.33. The van der Waals surface area contributed by atoms with Crippen LogP contribution < -0.4 is 5.32 Å². The molecule has 8 rings (SSSR count). The van der Waals surface area contributed by atoms with E-state index in [1.807, 2.05) is 19.9 Å². The molecule has 272 valence electrons. The van der Waals surface area contributed by atoms with E-state index in [1.165, 1.54) is 11.3 Å². The van der Waals surface area contributed by atoms with E-state index >= 15 is 0 Å². The molecule has 0 spiro atoms. The zero-order valence-electron chi connectivity index (χ0n) is 31.9. The zero-order valence-corrected chi connectivity index (χ0v) is 31.9. The minimum absolute atomic E-state index is 0.0359. The number of ether oxygens (including phenoxy) is 1. The molecule has 3 heterocycles. The summed E-state index contributed by atoms with van der Waals surface area (Å²) >= 11 is 0. The fourth-order valence-electron chi connectivity index (χ4n) is 12.7. The Morgan fingerprint density at radius 3 is 2.51 bits per heavy atom. The molecule has 1 aromatic heterocycles. The number of nitrogens with one attached hydrogen (secondary N) is 1. The van der Waals surface area contributed by atoms with Gasteiger partial charge in [0.2, 0.25) is 5.91 Å². The number of likely N-dealkylation sites (N-methyl/N-ethyl adjacent to an activating group) is 1. The number of allylic oxidation sites excluding steroid dienone is 3. The Labute approximate surface area is 302 Å². The quantitative estimate of drug-likeness (QED) is 0.168. The number of benzene rings is 1. The van der Waals surface area contributed by atoms with Crippen LogP contribution in [0, 0.1) is 28.6 Å². The van der Waals surface area contributed by atoms with Gasteiger partial charge in [0.05, 0.1) is 34.5 Å². The van der Waals surface area contributed by atoms with Gasteiger partial charge in [-0.05, 0) is 120 Å². The highest BCUT2D eigenvalue weighted by molar-refractivity contribution is 6.18. The Morgan fingerprint density at radius 2 is 1.82 bits per heavy atom. The highest BCUT2D eigenvalue weighted by Gasteiger charge is 2.67. The molecule has 7 heteroatoms. The van der Waals surface area contributed by atoms with Gasteiger partial charge in [0.25, 0.3) is 0 Å². The number of fused-ring (bicyclic) bond motifs is 11. The van der Waals surface area contributed by atoms with Crippen LogP contribution in [0.1, 0.15) is 133 Å². The summed E-state index contributed by atoms with van der Waals surface area (Å²) in [5.41, 5.74) is 5.85. The first-order chi connectivity index (χ1) is 23.8. The predicted octanol–water partition coefficient (Wildman–Crippen LogP) is 7.84. The number of nitrogens with zero attached hydrogens (tertiary/aromatic N) is 1. The number of amides is 1. The van der Waals surface area contributed by atoms with Gasteiger partial charge in [0.15, 0.2) is 5.78 Å². The minimum Gasteiger partial charge on any atom is -0.392 e. The van der Waals surface area contributed by atoms with Crippen LogP contribution in [0.25, 0.3) is 16.5 Å². The molecule has 2 aliphatic heterocycles. The van der Waals surface area contributed by atoms with E-state index in [0.717, 1.165) is 58.9 Å². The van der Waals surface area contributed by atoms with E-state index in [0.29, 0.717) is 24.4 Å². The number of carbonyl (C=O) groups excluding carboxylic acids is 2. The van der Waals surface area contributed by atoms with E-state index in [1.54, 1.807) is 12.2 Å². The molecule has 3 N–H and O–H groups in total. The van der Waals surface area contributed by atoms with Crippen LogP contribution in [0.4, 0.5) is 0 Å². The van der Waals surface area contributed by atoms with Crippen LogP contribution in [-0.2, 0) is 21.4 Å². The van der Waals surface area contributed by atoms with Crippen molar-refractivity contribution in [1.29, 1.82) is 0 Å². The Hall–Kier alpha value is -3.26. The van der Waals surface area contributed by atoms with Crippen LogP contribution >= 0.6 is 0 Å². The highest BCUT2D eigenvalue weighted by atomic mass is 16.5. The summed E-state index contributed by atoms with van der Waals surface area (Å²) in [4.78, 5) is 27.0. The number of Topliss-reactive ketones (excluding diaryl/α,β-unsaturated/α-hetero) is 1. The molecule has 0 unspecified atom stereocenters. The maximum absolute atomic E-state index is 14.9. The monoisotopic (exact) mass is 692 g/mol. The average Bonchev–Trinajstić information content (AvgIpc) is 3.70. The summed E-state index contributed by atoms with van der Waals surface area (Å²) < 4.78 is 8.89. The third kappa shape index (κ3) is 4.34. The normalized spacial score (nSPS) is 38.4. The molecule has 0 radical (unpaired) electrons. The summed E-state index contributed by atoms with van der Waals surface area (Å²) in [6.45, 7) is 24.2. The fraction of sp³-hybridized carbons (Fsp3) is 0.591. The summed E-state index contributed by atoms with van der Waals surface area (Å²) in [6, 6.07) is 1.78. The Bertz CT molecular complexity index is 2010. The van der Waals surface area contributed by atoms with Crippen molar-refractivity contribution in [2.24, 2.45) is 28.6 Å². The molecule has 2 saturated carbocycles. The summed E-state index contributed by atoms with van der Waals surface area (Å²) in [6.07, 6.45) is 12.8. The van der Waals surface area contributed by atoms with Crippen molar-refractivity contribution in [3.8, 4) is 0 Å². The molecule has 6 aliphatic rings. The first-order valence-corrected chi connectivity index (χ1v) is 19.2. The number of aliphatic hydroxyl groups is 2. The second kappa shape index (κ2) is 10.9. The average molecular weight is 693 g/mol. The van der Waals surface area contributed by atoms with Gasteiger partial charge in [-0.1, -0.05) is 51.2 Å². The Kier molecular flexibility index (Phi) is 7.44. The van der Waals surface area contributed by atoms with Gasteiger partial charge in [-0.25, -0.2) is 0 Å². The minimum atomic E-state index is -0.850. The van der Waals surface area contributed by atoms with Gasteiger partial charge in [-0.15, -0.1) is 0 Å². The molecule has 9 atom stereocenters. The van der Waals surface area contributed by atoms with Crippen molar-refractivity contribution in [3.63, 3.8) is 0 Å². The predicted molar refractivity (Wildman–Crippen MR) is 201 cm³/mol. The summed E-state index contributed by atoms with van der Waals surface area (Å²) in [7, 11) is 0. The lowest BCUT2D eigenvalue weighted by atomic mass is 9.40. The molecule has 7 nitrogen and oxygen atoms in total. The number of hydrogen-bond acceptors (Lipinski definition) is 5. The lowest BCUT2D eigenvalue weighted by molar-refractivity contribution is -0.144. The number of carbonyl (C=O) groups is 2. The van der Waals surface area contributed by atoms with E-state index in [2.05, 4.69) is 83.1 Å². The van der Waals surface area contributed by atoms with Crippen molar-refractivity contribution in [1.82, 2.24) is 9.88 Å². The standard InChI is InChI=1S/C44H56N2O5/c1-11-45-31(48)14-12-13-18-42(8)29-16-15-24-20-27-26-21-25-28-22-40(4,5)51-41(6,7)34(28)37(49)32(25)33-36(26)46(35(23(2)3)38(33)50)39(27)44(24,10)43(29,9)19-17-30(42)47/h12-14,18,21-22,24,29-30,34-35,37,47,49H,2,11,15-17,19-20H2,1,3-10H3,(H,45,48)/b14-12+,18-13+/t24-,29-,30-,34+,35-,37+,42-,43-,44+/m0/s1. The number of aromatic nitrogens is 1.